The standard InChI is InChI=1S/C20H25N5O3/c1-4-14-17(22-16-12-21-11-13-7-5-6-8-15(13)16)19(26)23-25(10-9-24(2)3)18(14)20(27)28/h5-8,11-12,17,22H,4,9-10H2,1-3H3,(H,23,26)(H,27,28). The van der Waals surface area contributed by atoms with Crippen LogP contribution in [0.5, 0.6) is 0 Å². The number of carboxylic acid groups (broad SMARTS) is 1. The van der Waals surface area contributed by atoms with Gasteiger partial charge in [-0.2, -0.15) is 0 Å². The number of anilines is 1. The molecule has 0 spiro atoms. The molecule has 28 heavy (non-hydrogen) atoms. The zero-order chi connectivity index (χ0) is 20.3. The van der Waals surface area contributed by atoms with E-state index in [9.17, 15) is 14.7 Å². The van der Waals surface area contributed by atoms with Crippen molar-refractivity contribution in [3.63, 3.8) is 0 Å². The van der Waals surface area contributed by atoms with Gasteiger partial charge in [-0.25, -0.2) is 4.79 Å². The van der Waals surface area contributed by atoms with Crippen LogP contribution >= 0.6 is 0 Å². The minimum atomic E-state index is -1.06. The normalized spacial score (nSPS) is 17.2. The molecular formula is C20H25N5O3. The summed E-state index contributed by atoms with van der Waals surface area (Å²) in [7, 11) is 3.79. The van der Waals surface area contributed by atoms with Gasteiger partial charge in [0.05, 0.1) is 18.4 Å². The molecule has 1 aromatic heterocycles. The van der Waals surface area contributed by atoms with Crippen LogP contribution < -0.4 is 10.7 Å². The minimum absolute atomic E-state index is 0.120. The van der Waals surface area contributed by atoms with E-state index in [2.05, 4.69) is 15.7 Å². The lowest BCUT2D eigenvalue weighted by atomic mass is 9.98. The molecule has 1 amide bonds. The minimum Gasteiger partial charge on any atom is -0.477 e. The first kappa shape index (κ1) is 19.6. The zero-order valence-electron chi connectivity index (χ0n) is 16.3. The number of aliphatic carboxylic acids is 1. The number of amides is 1. The number of aromatic nitrogens is 1. The van der Waals surface area contributed by atoms with Gasteiger partial charge in [0.2, 0.25) is 0 Å². The Bertz CT molecular complexity index is 920. The van der Waals surface area contributed by atoms with E-state index in [4.69, 9.17) is 0 Å². The number of nitrogens with zero attached hydrogens (tertiary/aromatic N) is 3. The molecule has 8 heteroatoms. The molecule has 1 aliphatic rings. The van der Waals surface area contributed by atoms with E-state index in [1.54, 1.807) is 12.4 Å². The van der Waals surface area contributed by atoms with Gasteiger partial charge in [0, 0.05) is 23.5 Å². The van der Waals surface area contributed by atoms with Crippen molar-refractivity contribution < 1.29 is 14.7 Å². The van der Waals surface area contributed by atoms with Crippen molar-refractivity contribution in [1.29, 1.82) is 0 Å². The number of pyridine rings is 1. The van der Waals surface area contributed by atoms with Gasteiger partial charge in [-0.1, -0.05) is 31.2 Å². The molecule has 3 rings (SSSR count). The Morgan fingerprint density at radius 2 is 2.07 bits per heavy atom. The smallest absolute Gasteiger partial charge is 0.354 e. The van der Waals surface area contributed by atoms with Crippen LogP contribution in [0, 0.1) is 0 Å². The van der Waals surface area contributed by atoms with E-state index in [-0.39, 0.29) is 11.6 Å². The Morgan fingerprint density at radius 3 is 2.75 bits per heavy atom. The third-order valence-corrected chi connectivity index (χ3v) is 4.75. The van der Waals surface area contributed by atoms with Crippen LogP contribution in [0.25, 0.3) is 10.8 Å². The number of carbonyl (C=O) groups is 2. The van der Waals surface area contributed by atoms with Crippen LogP contribution in [0.2, 0.25) is 0 Å². The molecule has 3 N–H and O–H groups in total. The van der Waals surface area contributed by atoms with Crippen molar-refractivity contribution >= 4 is 28.3 Å². The third-order valence-electron chi connectivity index (χ3n) is 4.75. The van der Waals surface area contributed by atoms with Crippen molar-refractivity contribution in [2.75, 3.05) is 32.5 Å². The monoisotopic (exact) mass is 383 g/mol. The maximum absolute atomic E-state index is 12.9. The van der Waals surface area contributed by atoms with Gasteiger partial charge in [-0.05, 0) is 26.1 Å². The van der Waals surface area contributed by atoms with Crippen molar-refractivity contribution in [1.82, 2.24) is 20.3 Å². The molecule has 2 heterocycles. The lowest BCUT2D eigenvalue weighted by Crippen LogP contribution is -2.57. The number of hydrogen-bond acceptors (Lipinski definition) is 6. The molecule has 0 fully saturated rings. The highest BCUT2D eigenvalue weighted by Gasteiger charge is 2.36. The number of benzene rings is 1. The summed E-state index contributed by atoms with van der Waals surface area (Å²) >= 11 is 0. The highest BCUT2D eigenvalue weighted by Crippen LogP contribution is 2.27. The van der Waals surface area contributed by atoms with Crippen LogP contribution in [-0.2, 0) is 9.59 Å². The quantitative estimate of drug-likeness (QED) is 0.669. The molecule has 148 valence electrons. The Labute approximate surface area is 163 Å². The van der Waals surface area contributed by atoms with Gasteiger partial charge >= 0.3 is 5.97 Å². The molecule has 8 nitrogen and oxygen atoms in total. The van der Waals surface area contributed by atoms with Gasteiger partial charge < -0.3 is 15.3 Å². The first-order valence-corrected chi connectivity index (χ1v) is 9.20. The second kappa shape index (κ2) is 8.26. The number of carboxylic acids is 1. The fraction of sp³-hybridized carbons (Fsp3) is 0.350. The molecular weight excluding hydrogens is 358 g/mol. The predicted octanol–water partition coefficient (Wildman–Crippen LogP) is 1.67. The first-order chi connectivity index (χ1) is 13.4. The maximum atomic E-state index is 12.9. The molecule has 0 saturated heterocycles. The molecule has 0 bridgehead atoms. The fourth-order valence-corrected chi connectivity index (χ4v) is 3.35. The first-order valence-electron chi connectivity index (χ1n) is 9.20. The summed E-state index contributed by atoms with van der Waals surface area (Å²) in [5.41, 5.74) is 4.09. The second-order valence-corrected chi connectivity index (χ2v) is 6.95. The number of hydrogen-bond donors (Lipinski definition) is 3. The second-order valence-electron chi connectivity index (χ2n) is 6.95. The lowest BCUT2D eigenvalue weighted by molar-refractivity contribution is -0.137. The molecule has 0 radical (unpaired) electrons. The van der Waals surface area contributed by atoms with Gasteiger partial charge in [-0.15, -0.1) is 0 Å². The largest absolute Gasteiger partial charge is 0.477 e. The highest BCUT2D eigenvalue weighted by molar-refractivity contribution is 5.99. The third kappa shape index (κ3) is 3.91. The van der Waals surface area contributed by atoms with Crippen molar-refractivity contribution in [3.8, 4) is 0 Å². The Kier molecular flexibility index (Phi) is 5.79. The number of nitrogens with one attached hydrogen (secondary N) is 2. The van der Waals surface area contributed by atoms with Crippen molar-refractivity contribution in [3.05, 3.63) is 47.9 Å². The zero-order valence-corrected chi connectivity index (χ0v) is 16.3. The number of likely N-dealkylation sites (N-methyl/N-ethyl adjacent to an activating group) is 1. The lowest BCUT2D eigenvalue weighted by Gasteiger charge is -2.36. The molecule has 1 aliphatic heterocycles. The maximum Gasteiger partial charge on any atom is 0.354 e. The van der Waals surface area contributed by atoms with Crippen LogP contribution in [0.1, 0.15) is 13.3 Å². The van der Waals surface area contributed by atoms with E-state index < -0.39 is 12.0 Å². The van der Waals surface area contributed by atoms with Crippen molar-refractivity contribution in [2.45, 2.75) is 19.4 Å². The summed E-state index contributed by atoms with van der Waals surface area (Å²) in [5.74, 6) is -1.34. The van der Waals surface area contributed by atoms with Gasteiger partial charge in [0.25, 0.3) is 5.91 Å². The number of carbonyl (C=O) groups excluding carboxylic acids is 1. The summed E-state index contributed by atoms with van der Waals surface area (Å²) < 4.78 is 0. The molecule has 0 aliphatic carbocycles. The molecule has 1 aromatic carbocycles. The summed E-state index contributed by atoms with van der Waals surface area (Å²) in [6.07, 6.45) is 3.84. The van der Waals surface area contributed by atoms with E-state index in [1.807, 2.05) is 50.2 Å². The molecule has 1 atom stereocenters. The van der Waals surface area contributed by atoms with Crippen LogP contribution in [0.3, 0.4) is 0 Å². The average Bonchev–Trinajstić information content (AvgIpc) is 2.67. The average molecular weight is 383 g/mol. The summed E-state index contributed by atoms with van der Waals surface area (Å²) in [4.78, 5) is 31.0. The van der Waals surface area contributed by atoms with Gasteiger partial charge in [-0.3, -0.25) is 20.2 Å². The summed E-state index contributed by atoms with van der Waals surface area (Å²) in [6, 6.07) is 6.94. The predicted molar refractivity (Wildman–Crippen MR) is 108 cm³/mol. The van der Waals surface area contributed by atoms with Gasteiger partial charge in [0.15, 0.2) is 0 Å². The van der Waals surface area contributed by atoms with Crippen LogP contribution in [0.4, 0.5) is 5.69 Å². The Morgan fingerprint density at radius 1 is 1.32 bits per heavy atom. The number of fused-ring (bicyclic) bond motifs is 1. The molecule has 0 saturated carbocycles. The fourth-order valence-electron chi connectivity index (χ4n) is 3.35. The summed E-state index contributed by atoms with van der Waals surface area (Å²) in [6.45, 7) is 2.85. The summed E-state index contributed by atoms with van der Waals surface area (Å²) in [5, 5.41) is 16.3. The van der Waals surface area contributed by atoms with Gasteiger partial charge in [0.1, 0.15) is 11.7 Å². The Balaban J connectivity index is 1.99. The number of hydrazine groups is 1. The topological polar surface area (TPSA) is 97.8 Å². The van der Waals surface area contributed by atoms with Crippen molar-refractivity contribution in [2.24, 2.45) is 0 Å². The number of rotatable bonds is 7. The van der Waals surface area contributed by atoms with Crippen LogP contribution in [-0.4, -0.2) is 65.1 Å². The van der Waals surface area contributed by atoms with E-state index in [0.717, 1.165) is 10.8 Å². The Hall–Kier alpha value is -3.13. The van der Waals surface area contributed by atoms with E-state index >= 15 is 0 Å². The van der Waals surface area contributed by atoms with E-state index in [0.29, 0.717) is 30.8 Å². The highest BCUT2D eigenvalue weighted by atomic mass is 16.4. The molecule has 1 unspecified atom stereocenters. The molecule has 2 aromatic rings. The SMILES string of the molecule is CCC1=C(C(=O)O)N(CCN(C)C)NC(=O)C1Nc1cncc2ccccc12. The van der Waals surface area contributed by atoms with E-state index in [1.165, 1.54) is 5.01 Å². The van der Waals surface area contributed by atoms with Crippen LogP contribution in [0.15, 0.2) is 47.9 Å².